The number of rotatable bonds is 4. The van der Waals surface area contributed by atoms with E-state index in [2.05, 4.69) is 0 Å². The molecule has 1 aliphatic heterocycles. The SMILES string of the molecule is Cc1ccc(C(=O)c2ccccc2C(=O)N2CCC(CO)C2)cc1. The van der Waals surface area contributed by atoms with E-state index in [4.69, 9.17) is 0 Å². The molecule has 124 valence electrons. The number of aliphatic hydroxyl groups is 1. The van der Waals surface area contributed by atoms with Crippen LogP contribution in [0, 0.1) is 12.8 Å². The summed E-state index contributed by atoms with van der Waals surface area (Å²) in [4.78, 5) is 27.3. The van der Waals surface area contributed by atoms with Crippen LogP contribution in [0.5, 0.6) is 0 Å². The maximum atomic E-state index is 12.8. The van der Waals surface area contributed by atoms with Crippen molar-refractivity contribution in [1.29, 1.82) is 0 Å². The van der Waals surface area contributed by atoms with Crippen LogP contribution >= 0.6 is 0 Å². The summed E-state index contributed by atoms with van der Waals surface area (Å²) < 4.78 is 0. The van der Waals surface area contributed by atoms with E-state index in [9.17, 15) is 14.7 Å². The fourth-order valence-electron chi connectivity index (χ4n) is 3.06. The van der Waals surface area contributed by atoms with E-state index < -0.39 is 0 Å². The van der Waals surface area contributed by atoms with E-state index in [1.807, 2.05) is 19.1 Å². The third-order valence-corrected chi connectivity index (χ3v) is 4.55. The van der Waals surface area contributed by atoms with Crippen molar-refractivity contribution < 1.29 is 14.7 Å². The Labute approximate surface area is 141 Å². The van der Waals surface area contributed by atoms with Gasteiger partial charge >= 0.3 is 0 Å². The van der Waals surface area contributed by atoms with Crippen LogP contribution in [0.2, 0.25) is 0 Å². The number of nitrogens with zero attached hydrogens (tertiary/aromatic N) is 1. The number of hydrogen-bond donors (Lipinski definition) is 1. The van der Waals surface area contributed by atoms with Gasteiger partial charge in [0.05, 0.1) is 5.56 Å². The first-order valence-corrected chi connectivity index (χ1v) is 8.20. The quantitative estimate of drug-likeness (QED) is 0.880. The van der Waals surface area contributed by atoms with Crippen molar-refractivity contribution in [2.24, 2.45) is 5.92 Å². The zero-order chi connectivity index (χ0) is 17.1. The molecule has 1 atom stereocenters. The molecule has 1 amide bonds. The highest BCUT2D eigenvalue weighted by atomic mass is 16.3. The Bertz CT molecular complexity index is 752. The predicted octanol–water partition coefficient (Wildman–Crippen LogP) is 2.68. The predicted molar refractivity (Wildman–Crippen MR) is 92.1 cm³/mol. The van der Waals surface area contributed by atoms with Gasteiger partial charge in [-0.3, -0.25) is 9.59 Å². The third kappa shape index (κ3) is 3.24. The van der Waals surface area contributed by atoms with E-state index in [0.717, 1.165) is 12.0 Å². The normalized spacial score (nSPS) is 17.1. The Morgan fingerprint density at radius 1 is 1.08 bits per heavy atom. The smallest absolute Gasteiger partial charge is 0.254 e. The zero-order valence-electron chi connectivity index (χ0n) is 13.7. The maximum absolute atomic E-state index is 12.8. The first kappa shape index (κ1) is 16.4. The second-order valence-corrected chi connectivity index (χ2v) is 6.33. The molecule has 0 aromatic heterocycles. The molecule has 4 heteroatoms. The van der Waals surface area contributed by atoms with Crippen molar-refractivity contribution in [3.8, 4) is 0 Å². The summed E-state index contributed by atoms with van der Waals surface area (Å²) in [6.07, 6.45) is 0.802. The molecule has 0 bridgehead atoms. The lowest BCUT2D eigenvalue weighted by atomic mass is 9.97. The van der Waals surface area contributed by atoms with E-state index in [0.29, 0.717) is 29.8 Å². The molecule has 4 nitrogen and oxygen atoms in total. The minimum absolute atomic E-state index is 0.0910. The molecule has 0 spiro atoms. The molecule has 24 heavy (non-hydrogen) atoms. The summed E-state index contributed by atoms with van der Waals surface area (Å²) in [7, 11) is 0. The van der Waals surface area contributed by atoms with Gasteiger partial charge in [0, 0.05) is 36.7 Å². The summed E-state index contributed by atoms with van der Waals surface area (Å²) in [5.74, 6) is -0.146. The molecule has 1 fully saturated rings. The second kappa shape index (κ2) is 6.97. The lowest BCUT2D eigenvalue weighted by Gasteiger charge is -2.18. The minimum atomic E-state index is -0.142. The number of benzene rings is 2. The number of amides is 1. The van der Waals surface area contributed by atoms with Crippen LogP contribution in [0.4, 0.5) is 0 Å². The van der Waals surface area contributed by atoms with E-state index in [1.165, 1.54) is 0 Å². The fraction of sp³-hybridized carbons (Fsp3) is 0.300. The molecule has 0 radical (unpaired) electrons. The molecule has 0 aliphatic carbocycles. The molecular weight excluding hydrogens is 302 g/mol. The third-order valence-electron chi connectivity index (χ3n) is 4.55. The molecule has 2 aromatic rings. The number of aliphatic hydroxyl groups excluding tert-OH is 1. The zero-order valence-corrected chi connectivity index (χ0v) is 13.7. The van der Waals surface area contributed by atoms with Gasteiger partial charge in [-0.1, -0.05) is 48.0 Å². The average molecular weight is 323 g/mol. The van der Waals surface area contributed by atoms with Gasteiger partial charge in [-0.05, 0) is 19.4 Å². The van der Waals surface area contributed by atoms with Gasteiger partial charge in [-0.15, -0.1) is 0 Å². The number of aryl methyl sites for hydroxylation is 1. The number of ketones is 1. The highest BCUT2D eigenvalue weighted by molar-refractivity contribution is 6.15. The van der Waals surface area contributed by atoms with Gasteiger partial charge in [-0.25, -0.2) is 0 Å². The van der Waals surface area contributed by atoms with Gasteiger partial charge in [0.1, 0.15) is 0 Å². The van der Waals surface area contributed by atoms with Crippen LogP contribution in [0.1, 0.15) is 38.3 Å². The van der Waals surface area contributed by atoms with Crippen molar-refractivity contribution in [2.45, 2.75) is 13.3 Å². The van der Waals surface area contributed by atoms with Gasteiger partial charge in [0.25, 0.3) is 5.91 Å². The number of carbonyl (C=O) groups excluding carboxylic acids is 2. The number of likely N-dealkylation sites (tertiary alicyclic amines) is 1. The highest BCUT2D eigenvalue weighted by Gasteiger charge is 2.28. The standard InChI is InChI=1S/C20H21NO3/c1-14-6-8-16(9-7-14)19(23)17-4-2-3-5-18(17)20(24)21-11-10-15(12-21)13-22/h2-9,15,22H,10-13H2,1H3. The van der Waals surface area contributed by atoms with E-state index in [-0.39, 0.29) is 24.2 Å². The lowest BCUT2D eigenvalue weighted by Crippen LogP contribution is -2.30. The van der Waals surface area contributed by atoms with Crippen molar-refractivity contribution in [3.05, 3.63) is 70.8 Å². The van der Waals surface area contributed by atoms with E-state index >= 15 is 0 Å². The monoisotopic (exact) mass is 323 g/mol. The fourth-order valence-corrected chi connectivity index (χ4v) is 3.06. The van der Waals surface area contributed by atoms with Crippen LogP contribution in [-0.2, 0) is 0 Å². The van der Waals surface area contributed by atoms with Crippen LogP contribution in [0.3, 0.4) is 0 Å². The molecule has 1 aliphatic rings. The molecule has 2 aromatic carbocycles. The molecule has 1 saturated heterocycles. The van der Waals surface area contributed by atoms with Crippen LogP contribution in [0.15, 0.2) is 48.5 Å². The van der Waals surface area contributed by atoms with Gasteiger partial charge in [-0.2, -0.15) is 0 Å². The van der Waals surface area contributed by atoms with Crippen molar-refractivity contribution in [2.75, 3.05) is 19.7 Å². The summed E-state index contributed by atoms with van der Waals surface area (Å²) in [5, 5.41) is 9.26. The molecule has 3 rings (SSSR count). The van der Waals surface area contributed by atoms with Gasteiger partial charge in [0.15, 0.2) is 5.78 Å². The van der Waals surface area contributed by atoms with E-state index in [1.54, 1.807) is 41.3 Å². The lowest BCUT2D eigenvalue weighted by molar-refractivity contribution is 0.0777. The van der Waals surface area contributed by atoms with Crippen molar-refractivity contribution in [3.63, 3.8) is 0 Å². The van der Waals surface area contributed by atoms with Crippen LogP contribution in [-0.4, -0.2) is 41.4 Å². The molecule has 1 N–H and O–H groups in total. The van der Waals surface area contributed by atoms with Gasteiger partial charge < -0.3 is 10.0 Å². The molecule has 1 heterocycles. The van der Waals surface area contributed by atoms with Gasteiger partial charge in [0.2, 0.25) is 0 Å². The number of hydrogen-bond acceptors (Lipinski definition) is 3. The second-order valence-electron chi connectivity index (χ2n) is 6.33. The van der Waals surface area contributed by atoms with Crippen molar-refractivity contribution in [1.82, 2.24) is 4.90 Å². The Morgan fingerprint density at radius 3 is 2.38 bits per heavy atom. The molecule has 1 unspecified atom stereocenters. The Balaban J connectivity index is 1.89. The number of carbonyl (C=O) groups is 2. The summed E-state index contributed by atoms with van der Waals surface area (Å²) in [5.41, 5.74) is 2.53. The van der Waals surface area contributed by atoms with Crippen LogP contribution < -0.4 is 0 Å². The largest absolute Gasteiger partial charge is 0.396 e. The Hall–Kier alpha value is -2.46. The maximum Gasteiger partial charge on any atom is 0.254 e. The average Bonchev–Trinajstić information content (AvgIpc) is 3.10. The minimum Gasteiger partial charge on any atom is -0.396 e. The topological polar surface area (TPSA) is 57.6 Å². The van der Waals surface area contributed by atoms with Crippen molar-refractivity contribution >= 4 is 11.7 Å². The molecule has 0 saturated carbocycles. The summed E-state index contributed by atoms with van der Waals surface area (Å²) in [6, 6.07) is 14.3. The highest BCUT2D eigenvalue weighted by Crippen LogP contribution is 2.21. The Kier molecular flexibility index (Phi) is 4.76. The van der Waals surface area contributed by atoms with Crippen LogP contribution in [0.25, 0.3) is 0 Å². The summed E-state index contributed by atoms with van der Waals surface area (Å²) in [6.45, 7) is 3.23. The summed E-state index contributed by atoms with van der Waals surface area (Å²) >= 11 is 0. The Morgan fingerprint density at radius 2 is 1.75 bits per heavy atom. The first-order chi connectivity index (χ1) is 11.6. The first-order valence-electron chi connectivity index (χ1n) is 8.20. The molecular formula is C20H21NO3.